The number of nitrogens with zero attached hydrogens (tertiary/aromatic N) is 2. The van der Waals surface area contributed by atoms with Crippen LogP contribution in [0.5, 0.6) is 0 Å². The minimum Gasteiger partial charge on any atom is -0.399 e. The summed E-state index contributed by atoms with van der Waals surface area (Å²) in [6.07, 6.45) is 3.13. The minimum absolute atomic E-state index is 0.0681. The van der Waals surface area contributed by atoms with Crippen LogP contribution in [-0.2, 0) is 4.79 Å². The maximum atomic E-state index is 12.1. The zero-order chi connectivity index (χ0) is 14.5. The molecular formula is C14H16N4OS. The van der Waals surface area contributed by atoms with Crippen LogP contribution >= 0.6 is 11.8 Å². The Morgan fingerprint density at radius 2 is 2.20 bits per heavy atom. The fourth-order valence-corrected chi connectivity index (χ4v) is 2.42. The van der Waals surface area contributed by atoms with E-state index in [1.54, 1.807) is 18.3 Å². The second kappa shape index (κ2) is 6.38. The third kappa shape index (κ3) is 3.71. The number of benzene rings is 1. The number of hydrogen-bond acceptors (Lipinski definition) is 5. The molecule has 104 valence electrons. The molecule has 0 radical (unpaired) electrons. The zero-order valence-electron chi connectivity index (χ0n) is 11.3. The van der Waals surface area contributed by atoms with Crippen LogP contribution < -0.4 is 11.1 Å². The Balaban J connectivity index is 2.01. The predicted molar refractivity (Wildman–Crippen MR) is 81.6 cm³/mol. The number of rotatable bonds is 4. The summed E-state index contributed by atoms with van der Waals surface area (Å²) in [4.78, 5) is 20.1. The van der Waals surface area contributed by atoms with Crippen molar-refractivity contribution in [1.29, 1.82) is 0 Å². The van der Waals surface area contributed by atoms with E-state index in [4.69, 9.17) is 5.73 Å². The second-order valence-corrected chi connectivity index (χ2v) is 5.73. The number of anilines is 2. The van der Waals surface area contributed by atoms with Gasteiger partial charge in [0, 0.05) is 17.6 Å². The minimum atomic E-state index is -0.248. The molecule has 0 aliphatic rings. The van der Waals surface area contributed by atoms with Gasteiger partial charge in [0.15, 0.2) is 0 Å². The largest absolute Gasteiger partial charge is 0.399 e. The Bertz CT molecular complexity index is 603. The number of aryl methyl sites for hydroxylation is 1. The Morgan fingerprint density at radius 3 is 2.85 bits per heavy atom. The molecule has 6 heteroatoms. The maximum absolute atomic E-state index is 12.1. The molecule has 1 aromatic carbocycles. The van der Waals surface area contributed by atoms with Crippen molar-refractivity contribution in [2.24, 2.45) is 0 Å². The molecule has 20 heavy (non-hydrogen) atoms. The van der Waals surface area contributed by atoms with Crippen LogP contribution in [0, 0.1) is 6.92 Å². The summed E-state index contributed by atoms with van der Waals surface area (Å²) in [6.45, 7) is 3.75. The summed E-state index contributed by atoms with van der Waals surface area (Å²) in [5.41, 5.74) is 8.09. The van der Waals surface area contributed by atoms with Crippen LogP contribution in [0.1, 0.15) is 12.5 Å². The third-order valence-electron chi connectivity index (χ3n) is 2.73. The number of carbonyl (C=O) groups is 1. The van der Waals surface area contributed by atoms with Gasteiger partial charge in [-0.3, -0.25) is 4.79 Å². The van der Waals surface area contributed by atoms with Crippen LogP contribution in [0.25, 0.3) is 0 Å². The molecule has 1 atom stereocenters. The number of hydrogen-bond donors (Lipinski definition) is 2. The van der Waals surface area contributed by atoms with Crippen molar-refractivity contribution in [3.8, 4) is 0 Å². The summed E-state index contributed by atoms with van der Waals surface area (Å²) in [5.74, 6) is -0.0681. The summed E-state index contributed by atoms with van der Waals surface area (Å²) in [5, 5.41) is 3.43. The number of carbonyl (C=O) groups excluding carboxylic acids is 1. The van der Waals surface area contributed by atoms with Crippen molar-refractivity contribution in [3.05, 3.63) is 42.4 Å². The fourth-order valence-electron chi connectivity index (χ4n) is 1.64. The molecular weight excluding hydrogens is 272 g/mol. The Hall–Kier alpha value is -2.08. The van der Waals surface area contributed by atoms with Crippen molar-refractivity contribution in [2.45, 2.75) is 24.1 Å². The number of amides is 1. The first-order valence-electron chi connectivity index (χ1n) is 6.16. The standard InChI is InChI=1S/C14H16N4OS/c1-9-7-11(15)3-4-12(9)18-14(19)10(2)20-13-5-6-16-8-17-13/h3-8,10H,15H2,1-2H3,(H,18,19). The lowest BCUT2D eigenvalue weighted by atomic mass is 10.2. The molecule has 0 bridgehead atoms. The van der Waals surface area contributed by atoms with E-state index >= 15 is 0 Å². The van der Waals surface area contributed by atoms with Gasteiger partial charge in [-0.15, -0.1) is 0 Å². The third-order valence-corrected chi connectivity index (χ3v) is 3.78. The molecule has 2 aromatic rings. The van der Waals surface area contributed by atoms with Crippen LogP contribution in [0.2, 0.25) is 0 Å². The molecule has 0 aliphatic carbocycles. The van der Waals surface area contributed by atoms with Gasteiger partial charge in [-0.1, -0.05) is 11.8 Å². The highest BCUT2D eigenvalue weighted by atomic mass is 32.2. The van der Waals surface area contributed by atoms with Gasteiger partial charge < -0.3 is 11.1 Å². The summed E-state index contributed by atoms with van der Waals surface area (Å²) >= 11 is 1.39. The number of nitrogens with two attached hydrogens (primary N) is 1. The average Bonchev–Trinajstić information content (AvgIpc) is 2.43. The Morgan fingerprint density at radius 1 is 1.40 bits per heavy atom. The molecule has 1 unspecified atom stereocenters. The van der Waals surface area contributed by atoms with Crippen molar-refractivity contribution in [1.82, 2.24) is 9.97 Å². The maximum Gasteiger partial charge on any atom is 0.237 e. The SMILES string of the molecule is Cc1cc(N)ccc1NC(=O)C(C)Sc1ccncn1. The quantitative estimate of drug-likeness (QED) is 0.513. The molecule has 1 heterocycles. The lowest BCUT2D eigenvalue weighted by molar-refractivity contribution is -0.115. The van der Waals surface area contributed by atoms with Crippen LogP contribution in [0.4, 0.5) is 11.4 Å². The van der Waals surface area contributed by atoms with Crippen LogP contribution in [0.3, 0.4) is 0 Å². The lowest BCUT2D eigenvalue weighted by Gasteiger charge is -2.13. The van der Waals surface area contributed by atoms with Crippen LogP contribution in [-0.4, -0.2) is 21.1 Å². The van der Waals surface area contributed by atoms with Gasteiger partial charge in [0.1, 0.15) is 11.4 Å². The first-order chi connectivity index (χ1) is 9.56. The van der Waals surface area contributed by atoms with Gasteiger partial charge in [0.25, 0.3) is 0 Å². The number of nitrogen functional groups attached to an aromatic ring is 1. The number of nitrogens with one attached hydrogen (secondary N) is 1. The molecule has 2 rings (SSSR count). The summed E-state index contributed by atoms with van der Waals surface area (Å²) < 4.78 is 0. The predicted octanol–water partition coefficient (Wildman–Crippen LogP) is 2.49. The second-order valence-electron chi connectivity index (χ2n) is 4.37. The van der Waals surface area contributed by atoms with Crippen molar-refractivity contribution in [2.75, 3.05) is 11.1 Å². The van der Waals surface area contributed by atoms with Crippen LogP contribution in [0.15, 0.2) is 41.8 Å². The van der Waals surface area contributed by atoms with Crippen molar-refractivity contribution in [3.63, 3.8) is 0 Å². The summed E-state index contributed by atoms with van der Waals surface area (Å²) in [7, 11) is 0. The van der Waals surface area contributed by atoms with Crippen molar-refractivity contribution < 1.29 is 4.79 Å². The first-order valence-corrected chi connectivity index (χ1v) is 7.04. The lowest BCUT2D eigenvalue weighted by Crippen LogP contribution is -2.23. The van der Waals surface area contributed by atoms with E-state index in [0.717, 1.165) is 16.3 Å². The van der Waals surface area contributed by atoms with E-state index in [1.165, 1.54) is 18.1 Å². The van der Waals surface area contributed by atoms with E-state index in [1.807, 2.05) is 26.0 Å². The van der Waals surface area contributed by atoms with Gasteiger partial charge in [-0.2, -0.15) is 0 Å². The number of aromatic nitrogens is 2. The smallest absolute Gasteiger partial charge is 0.237 e. The monoisotopic (exact) mass is 288 g/mol. The van der Waals surface area contributed by atoms with E-state index in [2.05, 4.69) is 15.3 Å². The van der Waals surface area contributed by atoms with Gasteiger partial charge in [0.2, 0.25) is 5.91 Å². The van der Waals surface area contributed by atoms with Gasteiger partial charge in [0.05, 0.1) is 5.25 Å². The highest BCUT2D eigenvalue weighted by Crippen LogP contribution is 2.23. The molecule has 1 amide bonds. The number of thioether (sulfide) groups is 1. The van der Waals surface area contributed by atoms with E-state index in [9.17, 15) is 4.79 Å². The molecule has 0 aliphatic heterocycles. The molecule has 0 spiro atoms. The van der Waals surface area contributed by atoms with Gasteiger partial charge in [-0.25, -0.2) is 9.97 Å². The van der Waals surface area contributed by atoms with Gasteiger partial charge >= 0.3 is 0 Å². The normalized spacial score (nSPS) is 11.9. The topological polar surface area (TPSA) is 80.9 Å². The molecule has 0 fully saturated rings. The Kier molecular flexibility index (Phi) is 4.57. The average molecular weight is 288 g/mol. The highest BCUT2D eigenvalue weighted by Gasteiger charge is 2.15. The van der Waals surface area contributed by atoms with Crippen molar-refractivity contribution >= 4 is 29.0 Å². The molecule has 0 saturated heterocycles. The van der Waals surface area contributed by atoms with Gasteiger partial charge in [-0.05, 0) is 43.7 Å². The molecule has 5 nitrogen and oxygen atoms in total. The fraction of sp³-hybridized carbons (Fsp3) is 0.214. The molecule has 1 aromatic heterocycles. The van der Waals surface area contributed by atoms with E-state index < -0.39 is 0 Å². The first kappa shape index (κ1) is 14.3. The van der Waals surface area contributed by atoms with E-state index in [-0.39, 0.29) is 11.2 Å². The summed E-state index contributed by atoms with van der Waals surface area (Å²) in [6, 6.07) is 7.19. The molecule has 3 N–H and O–H groups in total. The van der Waals surface area contributed by atoms with E-state index in [0.29, 0.717) is 5.69 Å². The zero-order valence-corrected chi connectivity index (χ0v) is 12.1. The molecule has 0 saturated carbocycles. The Labute approximate surface area is 122 Å². The highest BCUT2D eigenvalue weighted by molar-refractivity contribution is 8.00.